The Balaban J connectivity index is 1.82. The quantitative estimate of drug-likeness (QED) is 0.802. The minimum absolute atomic E-state index is 0.332. The number of hydrogen-bond donors (Lipinski definition) is 1. The molecule has 16 heavy (non-hydrogen) atoms. The van der Waals surface area contributed by atoms with Crippen molar-refractivity contribution in [1.29, 1.82) is 0 Å². The van der Waals surface area contributed by atoms with E-state index in [0.29, 0.717) is 5.92 Å². The third-order valence-corrected chi connectivity index (χ3v) is 3.80. The lowest BCUT2D eigenvalue weighted by Gasteiger charge is -2.10. The van der Waals surface area contributed by atoms with Crippen LogP contribution in [0, 0.1) is 12.8 Å². The summed E-state index contributed by atoms with van der Waals surface area (Å²) < 4.78 is 0. The van der Waals surface area contributed by atoms with E-state index in [1.54, 1.807) is 0 Å². The van der Waals surface area contributed by atoms with E-state index in [-0.39, 0.29) is 5.60 Å². The van der Waals surface area contributed by atoms with Gasteiger partial charge in [-0.2, -0.15) is 0 Å². The van der Waals surface area contributed by atoms with Crippen LogP contribution >= 0.6 is 0 Å². The molecule has 0 aliphatic heterocycles. The molecule has 0 radical (unpaired) electrons. The zero-order valence-corrected chi connectivity index (χ0v) is 10.4. The van der Waals surface area contributed by atoms with Gasteiger partial charge in [0.05, 0.1) is 5.60 Å². The van der Waals surface area contributed by atoms with E-state index in [9.17, 15) is 5.11 Å². The molecule has 1 aromatic rings. The van der Waals surface area contributed by atoms with Crippen LogP contribution in [0.3, 0.4) is 0 Å². The van der Waals surface area contributed by atoms with Crippen molar-refractivity contribution in [3.05, 3.63) is 35.4 Å². The standard InChI is InChI=1S/C15H22O/c1-3-4-14-11-15(14,16)10-9-13-7-5-12(2)6-8-13/h5-8,14,16H,3-4,9-11H2,1-2H3. The van der Waals surface area contributed by atoms with Crippen LogP contribution in [0.1, 0.15) is 43.7 Å². The van der Waals surface area contributed by atoms with E-state index in [0.717, 1.165) is 19.3 Å². The molecule has 1 saturated carbocycles. The van der Waals surface area contributed by atoms with E-state index in [1.807, 2.05) is 0 Å². The summed E-state index contributed by atoms with van der Waals surface area (Å²) in [6.45, 7) is 4.30. The van der Waals surface area contributed by atoms with Crippen LogP contribution in [0.15, 0.2) is 24.3 Å². The van der Waals surface area contributed by atoms with Crippen molar-refractivity contribution < 1.29 is 5.11 Å². The van der Waals surface area contributed by atoms with Gasteiger partial charge < -0.3 is 5.11 Å². The molecule has 1 nitrogen and oxygen atoms in total. The van der Waals surface area contributed by atoms with Gasteiger partial charge in [0.15, 0.2) is 0 Å². The molecule has 1 aromatic carbocycles. The number of rotatable bonds is 5. The van der Waals surface area contributed by atoms with Crippen LogP contribution in [-0.4, -0.2) is 10.7 Å². The maximum Gasteiger partial charge on any atom is 0.0683 e. The lowest BCUT2D eigenvalue weighted by atomic mass is 10.0. The van der Waals surface area contributed by atoms with Gasteiger partial charge in [0.25, 0.3) is 0 Å². The summed E-state index contributed by atoms with van der Waals surface area (Å²) >= 11 is 0. The van der Waals surface area contributed by atoms with Crippen LogP contribution in [0.4, 0.5) is 0 Å². The SMILES string of the molecule is CCCC1CC1(O)CCc1ccc(C)cc1. The minimum atomic E-state index is -0.332. The second kappa shape index (κ2) is 4.58. The van der Waals surface area contributed by atoms with Crippen molar-refractivity contribution in [2.24, 2.45) is 5.92 Å². The Kier molecular flexibility index (Phi) is 3.34. The van der Waals surface area contributed by atoms with Crippen molar-refractivity contribution in [2.45, 2.75) is 51.6 Å². The van der Waals surface area contributed by atoms with Gasteiger partial charge in [-0.05, 0) is 44.1 Å². The molecular formula is C15H22O. The number of aryl methyl sites for hydroxylation is 2. The molecule has 2 atom stereocenters. The summed E-state index contributed by atoms with van der Waals surface area (Å²) in [7, 11) is 0. The van der Waals surface area contributed by atoms with E-state index in [2.05, 4.69) is 38.1 Å². The third-order valence-electron chi connectivity index (χ3n) is 3.80. The van der Waals surface area contributed by atoms with Gasteiger partial charge in [-0.1, -0.05) is 43.2 Å². The van der Waals surface area contributed by atoms with Crippen LogP contribution in [-0.2, 0) is 6.42 Å². The van der Waals surface area contributed by atoms with Gasteiger partial charge in [-0.25, -0.2) is 0 Å². The lowest BCUT2D eigenvalue weighted by molar-refractivity contribution is 0.119. The van der Waals surface area contributed by atoms with Gasteiger partial charge in [0.2, 0.25) is 0 Å². The van der Waals surface area contributed by atoms with Crippen molar-refractivity contribution in [3.63, 3.8) is 0 Å². The molecule has 1 N–H and O–H groups in total. The number of hydrogen-bond acceptors (Lipinski definition) is 1. The topological polar surface area (TPSA) is 20.2 Å². The molecule has 0 bridgehead atoms. The lowest BCUT2D eigenvalue weighted by Crippen LogP contribution is -2.12. The fourth-order valence-electron chi connectivity index (χ4n) is 2.51. The Bertz CT molecular complexity index is 341. The normalized spacial score (nSPS) is 28.1. The summed E-state index contributed by atoms with van der Waals surface area (Å²) in [4.78, 5) is 0. The van der Waals surface area contributed by atoms with Gasteiger partial charge in [0, 0.05) is 0 Å². The first-order valence-electron chi connectivity index (χ1n) is 6.42. The molecule has 0 aromatic heterocycles. The largest absolute Gasteiger partial charge is 0.390 e. The first-order valence-corrected chi connectivity index (χ1v) is 6.42. The molecule has 1 fully saturated rings. The molecule has 1 heteroatoms. The highest BCUT2D eigenvalue weighted by Gasteiger charge is 2.50. The predicted octanol–water partition coefficient (Wildman–Crippen LogP) is 3.48. The van der Waals surface area contributed by atoms with Gasteiger partial charge in [0.1, 0.15) is 0 Å². The average molecular weight is 218 g/mol. The maximum atomic E-state index is 10.2. The Morgan fingerprint density at radius 1 is 1.31 bits per heavy atom. The first kappa shape index (κ1) is 11.7. The predicted molar refractivity (Wildman–Crippen MR) is 67.5 cm³/mol. The minimum Gasteiger partial charge on any atom is -0.390 e. The molecule has 0 amide bonds. The Hall–Kier alpha value is -0.820. The molecule has 1 aliphatic rings. The molecule has 0 heterocycles. The summed E-state index contributed by atoms with van der Waals surface area (Å²) in [5.41, 5.74) is 2.32. The van der Waals surface area contributed by atoms with E-state index in [1.165, 1.54) is 24.0 Å². The van der Waals surface area contributed by atoms with E-state index >= 15 is 0 Å². The third kappa shape index (κ3) is 2.65. The monoisotopic (exact) mass is 218 g/mol. The zero-order valence-electron chi connectivity index (χ0n) is 10.4. The second-order valence-electron chi connectivity index (χ2n) is 5.28. The Morgan fingerprint density at radius 2 is 2.00 bits per heavy atom. The van der Waals surface area contributed by atoms with E-state index in [4.69, 9.17) is 0 Å². The summed E-state index contributed by atoms with van der Waals surface area (Å²) in [5.74, 6) is 0.572. The first-order chi connectivity index (χ1) is 7.64. The average Bonchev–Trinajstić information content (AvgIpc) is 2.90. The van der Waals surface area contributed by atoms with Crippen molar-refractivity contribution in [3.8, 4) is 0 Å². The molecule has 1 aliphatic carbocycles. The highest BCUT2D eigenvalue weighted by Crippen LogP contribution is 2.49. The number of aliphatic hydroxyl groups is 1. The molecule has 2 unspecified atom stereocenters. The van der Waals surface area contributed by atoms with Gasteiger partial charge in [-0.15, -0.1) is 0 Å². The van der Waals surface area contributed by atoms with Crippen LogP contribution < -0.4 is 0 Å². The van der Waals surface area contributed by atoms with Crippen LogP contribution in [0.2, 0.25) is 0 Å². The summed E-state index contributed by atoms with van der Waals surface area (Å²) in [6.07, 6.45) is 5.34. The molecular weight excluding hydrogens is 196 g/mol. The molecule has 0 saturated heterocycles. The Morgan fingerprint density at radius 3 is 2.62 bits per heavy atom. The maximum absolute atomic E-state index is 10.2. The highest BCUT2D eigenvalue weighted by atomic mass is 16.3. The fraction of sp³-hybridized carbons (Fsp3) is 0.600. The van der Waals surface area contributed by atoms with Gasteiger partial charge in [-0.3, -0.25) is 0 Å². The summed E-state index contributed by atoms with van der Waals surface area (Å²) in [6, 6.07) is 8.65. The van der Waals surface area contributed by atoms with Crippen molar-refractivity contribution in [2.75, 3.05) is 0 Å². The van der Waals surface area contributed by atoms with Crippen molar-refractivity contribution >= 4 is 0 Å². The highest BCUT2D eigenvalue weighted by molar-refractivity contribution is 5.22. The molecule has 88 valence electrons. The molecule has 2 rings (SSSR count). The van der Waals surface area contributed by atoms with Crippen LogP contribution in [0.5, 0.6) is 0 Å². The summed E-state index contributed by atoms with van der Waals surface area (Å²) in [5, 5.41) is 10.2. The van der Waals surface area contributed by atoms with E-state index < -0.39 is 0 Å². The second-order valence-corrected chi connectivity index (χ2v) is 5.28. The zero-order chi connectivity index (χ0) is 11.6. The van der Waals surface area contributed by atoms with Crippen LogP contribution in [0.25, 0.3) is 0 Å². The Labute approximate surface area is 98.5 Å². The number of benzene rings is 1. The molecule has 0 spiro atoms. The van der Waals surface area contributed by atoms with Gasteiger partial charge >= 0.3 is 0 Å². The smallest absolute Gasteiger partial charge is 0.0683 e. The fourth-order valence-corrected chi connectivity index (χ4v) is 2.51. The van der Waals surface area contributed by atoms with Crippen molar-refractivity contribution in [1.82, 2.24) is 0 Å².